The Bertz CT molecular complexity index is 485. The Balaban J connectivity index is 2.99. The molecular formula is C17H24N2. The van der Waals surface area contributed by atoms with Gasteiger partial charge in [-0.25, -0.2) is 0 Å². The fourth-order valence-electron chi connectivity index (χ4n) is 1.71. The molecule has 0 heterocycles. The third-order valence-corrected chi connectivity index (χ3v) is 2.99. The molecule has 0 aliphatic rings. The average molecular weight is 256 g/mol. The quantitative estimate of drug-likeness (QED) is 0.884. The SMILES string of the molecule is CC(C)/C(=C/c1ccccc1C#N)CNC(C)(C)C. The summed E-state index contributed by atoms with van der Waals surface area (Å²) in [5.41, 5.74) is 3.15. The minimum absolute atomic E-state index is 0.0999. The molecule has 0 saturated carbocycles. The Kier molecular flexibility index (Phi) is 5.32. The summed E-state index contributed by atoms with van der Waals surface area (Å²) < 4.78 is 0. The first-order chi connectivity index (χ1) is 8.83. The second kappa shape index (κ2) is 6.54. The fraction of sp³-hybridized carbons (Fsp3) is 0.471. The molecule has 102 valence electrons. The topological polar surface area (TPSA) is 35.8 Å². The molecule has 0 aromatic heterocycles. The van der Waals surface area contributed by atoms with Crippen molar-refractivity contribution in [3.8, 4) is 6.07 Å². The fourth-order valence-corrected chi connectivity index (χ4v) is 1.71. The van der Waals surface area contributed by atoms with Gasteiger partial charge in [0.15, 0.2) is 0 Å². The lowest BCUT2D eigenvalue weighted by atomic mass is 9.97. The number of hydrogen-bond acceptors (Lipinski definition) is 2. The first kappa shape index (κ1) is 15.5. The van der Waals surface area contributed by atoms with Crippen LogP contribution in [0, 0.1) is 17.2 Å². The molecule has 0 fully saturated rings. The molecule has 0 atom stereocenters. The summed E-state index contributed by atoms with van der Waals surface area (Å²) >= 11 is 0. The molecule has 0 saturated heterocycles. The van der Waals surface area contributed by atoms with Crippen molar-refractivity contribution >= 4 is 6.08 Å². The van der Waals surface area contributed by atoms with Crippen LogP contribution in [-0.4, -0.2) is 12.1 Å². The number of hydrogen-bond donors (Lipinski definition) is 1. The van der Waals surface area contributed by atoms with E-state index < -0.39 is 0 Å². The van der Waals surface area contributed by atoms with Gasteiger partial charge in [0.05, 0.1) is 11.6 Å². The van der Waals surface area contributed by atoms with Crippen LogP contribution in [-0.2, 0) is 0 Å². The van der Waals surface area contributed by atoms with Crippen molar-refractivity contribution in [1.82, 2.24) is 5.32 Å². The van der Waals surface area contributed by atoms with Gasteiger partial charge in [0.1, 0.15) is 0 Å². The molecule has 0 amide bonds. The van der Waals surface area contributed by atoms with Crippen LogP contribution in [0.3, 0.4) is 0 Å². The summed E-state index contributed by atoms with van der Waals surface area (Å²) in [5.74, 6) is 0.460. The van der Waals surface area contributed by atoms with Gasteiger partial charge < -0.3 is 5.32 Å². The standard InChI is InChI=1S/C17H24N2/c1-13(2)16(12-19-17(3,4)5)10-14-8-6-7-9-15(14)11-18/h6-10,13,19H,12H2,1-5H3/b16-10+. The number of nitrogens with zero attached hydrogens (tertiary/aromatic N) is 1. The second-order valence-corrected chi connectivity index (χ2v) is 6.18. The van der Waals surface area contributed by atoms with Crippen LogP contribution in [0.4, 0.5) is 0 Å². The zero-order chi connectivity index (χ0) is 14.5. The molecule has 1 aromatic carbocycles. The average Bonchev–Trinajstić information content (AvgIpc) is 2.33. The maximum Gasteiger partial charge on any atom is 0.0997 e. The summed E-state index contributed by atoms with van der Waals surface area (Å²) in [7, 11) is 0. The highest BCUT2D eigenvalue weighted by Crippen LogP contribution is 2.17. The zero-order valence-corrected chi connectivity index (χ0v) is 12.6. The lowest BCUT2D eigenvalue weighted by Crippen LogP contribution is -2.37. The van der Waals surface area contributed by atoms with E-state index in [1.165, 1.54) is 5.57 Å². The summed E-state index contributed by atoms with van der Waals surface area (Å²) in [6.07, 6.45) is 2.14. The number of nitrogens with one attached hydrogen (secondary N) is 1. The highest BCUT2D eigenvalue weighted by molar-refractivity contribution is 5.60. The van der Waals surface area contributed by atoms with E-state index in [0.717, 1.165) is 17.7 Å². The minimum atomic E-state index is 0.0999. The molecule has 0 aliphatic carbocycles. The Morgan fingerprint density at radius 1 is 1.32 bits per heavy atom. The van der Waals surface area contributed by atoms with Crippen molar-refractivity contribution in [2.45, 2.75) is 40.2 Å². The molecule has 0 unspecified atom stereocenters. The minimum Gasteiger partial charge on any atom is -0.308 e. The lowest BCUT2D eigenvalue weighted by Gasteiger charge is -2.23. The summed E-state index contributed by atoms with van der Waals surface area (Å²) in [6, 6.07) is 9.98. The number of benzene rings is 1. The van der Waals surface area contributed by atoms with Gasteiger partial charge in [-0.05, 0) is 38.3 Å². The van der Waals surface area contributed by atoms with Crippen LogP contribution in [0.5, 0.6) is 0 Å². The molecule has 2 heteroatoms. The van der Waals surface area contributed by atoms with Gasteiger partial charge in [0.25, 0.3) is 0 Å². The van der Waals surface area contributed by atoms with Crippen molar-refractivity contribution < 1.29 is 0 Å². The number of nitriles is 1. The lowest BCUT2D eigenvalue weighted by molar-refractivity contribution is 0.437. The molecule has 0 spiro atoms. The van der Waals surface area contributed by atoms with Crippen LogP contribution in [0.1, 0.15) is 45.7 Å². The molecule has 2 nitrogen and oxygen atoms in total. The van der Waals surface area contributed by atoms with Crippen LogP contribution < -0.4 is 5.32 Å². The van der Waals surface area contributed by atoms with E-state index in [1.807, 2.05) is 24.3 Å². The van der Waals surface area contributed by atoms with Gasteiger partial charge in [-0.3, -0.25) is 0 Å². The molecule has 1 aromatic rings. The van der Waals surface area contributed by atoms with Gasteiger partial charge in [-0.1, -0.05) is 43.7 Å². The first-order valence-electron chi connectivity index (χ1n) is 6.78. The van der Waals surface area contributed by atoms with E-state index >= 15 is 0 Å². The summed E-state index contributed by atoms with van der Waals surface area (Å²) in [5, 5.41) is 12.6. The van der Waals surface area contributed by atoms with Gasteiger partial charge in [-0.15, -0.1) is 0 Å². The van der Waals surface area contributed by atoms with Gasteiger partial charge in [-0.2, -0.15) is 5.26 Å². The maximum absolute atomic E-state index is 9.13. The van der Waals surface area contributed by atoms with Crippen molar-refractivity contribution in [1.29, 1.82) is 5.26 Å². The second-order valence-electron chi connectivity index (χ2n) is 6.18. The summed E-state index contributed by atoms with van der Waals surface area (Å²) in [4.78, 5) is 0. The molecule has 1 rings (SSSR count). The Morgan fingerprint density at radius 2 is 1.95 bits per heavy atom. The normalized spacial score (nSPS) is 12.6. The third kappa shape index (κ3) is 5.28. The van der Waals surface area contributed by atoms with Crippen LogP contribution in [0.2, 0.25) is 0 Å². The molecular weight excluding hydrogens is 232 g/mol. The van der Waals surface area contributed by atoms with Crippen LogP contribution in [0.15, 0.2) is 29.8 Å². The van der Waals surface area contributed by atoms with Gasteiger partial charge >= 0.3 is 0 Å². The van der Waals surface area contributed by atoms with Crippen LogP contribution >= 0.6 is 0 Å². The first-order valence-corrected chi connectivity index (χ1v) is 6.78. The summed E-state index contributed by atoms with van der Waals surface area (Å²) in [6.45, 7) is 11.7. The molecule has 0 radical (unpaired) electrons. The van der Waals surface area contributed by atoms with E-state index in [-0.39, 0.29) is 5.54 Å². The third-order valence-electron chi connectivity index (χ3n) is 2.99. The molecule has 0 aliphatic heterocycles. The molecule has 19 heavy (non-hydrogen) atoms. The Hall–Kier alpha value is -1.59. The van der Waals surface area contributed by atoms with Crippen molar-refractivity contribution in [3.63, 3.8) is 0 Å². The van der Waals surface area contributed by atoms with E-state index in [9.17, 15) is 0 Å². The van der Waals surface area contributed by atoms with Crippen molar-refractivity contribution in [2.75, 3.05) is 6.54 Å². The Morgan fingerprint density at radius 3 is 2.47 bits per heavy atom. The van der Waals surface area contributed by atoms with Gasteiger partial charge in [0, 0.05) is 12.1 Å². The molecule has 1 N–H and O–H groups in total. The predicted molar refractivity (Wildman–Crippen MR) is 81.7 cm³/mol. The Labute approximate surface area is 117 Å². The predicted octanol–water partition coefficient (Wildman–Crippen LogP) is 3.99. The van der Waals surface area contributed by atoms with Gasteiger partial charge in [0.2, 0.25) is 0 Å². The zero-order valence-electron chi connectivity index (χ0n) is 12.6. The van der Waals surface area contributed by atoms with E-state index in [2.05, 4.69) is 52.1 Å². The molecule has 0 bridgehead atoms. The van der Waals surface area contributed by atoms with E-state index in [1.54, 1.807) is 0 Å². The largest absolute Gasteiger partial charge is 0.308 e. The van der Waals surface area contributed by atoms with E-state index in [0.29, 0.717) is 5.92 Å². The highest BCUT2D eigenvalue weighted by atomic mass is 14.9. The van der Waals surface area contributed by atoms with Crippen LogP contribution in [0.25, 0.3) is 6.08 Å². The van der Waals surface area contributed by atoms with Crippen molar-refractivity contribution in [3.05, 3.63) is 41.0 Å². The number of rotatable bonds is 4. The smallest absolute Gasteiger partial charge is 0.0997 e. The monoisotopic (exact) mass is 256 g/mol. The highest BCUT2D eigenvalue weighted by Gasteiger charge is 2.12. The maximum atomic E-state index is 9.13. The van der Waals surface area contributed by atoms with E-state index in [4.69, 9.17) is 5.26 Å². The van der Waals surface area contributed by atoms with Crippen molar-refractivity contribution in [2.24, 2.45) is 5.92 Å².